The van der Waals surface area contributed by atoms with Crippen molar-refractivity contribution in [2.75, 3.05) is 6.61 Å². The molecule has 17 heavy (non-hydrogen) atoms. The number of carbonyl (C=O) groups is 1. The van der Waals surface area contributed by atoms with Crippen LogP contribution < -0.4 is 0 Å². The molecule has 0 saturated carbocycles. The number of alkyl halides is 2. The first-order valence-corrected chi connectivity index (χ1v) is 5.92. The topological polar surface area (TPSA) is 26.3 Å². The molecular formula is C13H22F2O2. The van der Waals surface area contributed by atoms with E-state index in [2.05, 4.69) is 10.8 Å². The first-order valence-electron chi connectivity index (χ1n) is 5.92. The molecule has 1 atom stereocenters. The van der Waals surface area contributed by atoms with Crippen molar-refractivity contribution in [3.05, 3.63) is 11.6 Å². The normalized spacial score (nSPS) is 13.1. The Labute approximate surface area is 102 Å². The van der Waals surface area contributed by atoms with E-state index >= 15 is 0 Å². The van der Waals surface area contributed by atoms with Crippen molar-refractivity contribution >= 4 is 5.97 Å². The minimum atomic E-state index is -3.38. The van der Waals surface area contributed by atoms with E-state index < -0.39 is 11.9 Å². The fraction of sp³-hybridized carbons (Fsp3) is 0.769. The maximum atomic E-state index is 12.4. The molecule has 0 aliphatic rings. The Morgan fingerprint density at radius 1 is 1.35 bits per heavy atom. The Morgan fingerprint density at radius 2 is 1.94 bits per heavy atom. The van der Waals surface area contributed by atoms with Crippen LogP contribution in [0.15, 0.2) is 11.6 Å². The summed E-state index contributed by atoms with van der Waals surface area (Å²) in [6.07, 6.45) is 4.72. The highest BCUT2D eigenvalue weighted by atomic mass is 19.3. The lowest BCUT2D eigenvalue weighted by molar-refractivity contribution is -0.169. The molecule has 0 aromatic heterocycles. The van der Waals surface area contributed by atoms with Gasteiger partial charge in [-0.15, -0.1) is 0 Å². The lowest BCUT2D eigenvalue weighted by Gasteiger charge is -2.13. The molecule has 100 valence electrons. The van der Waals surface area contributed by atoms with Gasteiger partial charge in [0.2, 0.25) is 0 Å². The molecule has 0 heterocycles. The van der Waals surface area contributed by atoms with Crippen LogP contribution in [0.2, 0.25) is 0 Å². The van der Waals surface area contributed by atoms with Crippen LogP contribution in [0.4, 0.5) is 8.78 Å². The quantitative estimate of drug-likeness (QED) is 0.503. The predicted molar refractivity (Wildman–Crippen MR) is 64.0 cm³/mol. The summed E-state index contributed by atoms with van der Waals surface area (Å²) in [7, 11) is 0. The monoisotopic (exact) mass is 248 g/mol. The maximum Gasteiger partial charge on any atom is 0.376 e. The number of carbonyl (C=O) groups excluding carboxylic acids is 1. The molecule has 0 aromatic rings. The Bertz CT molecular complexity index is 263. The summed E-state index contributed by atoms with van der Waals surface area (Å²) in [4.78, 5) is 10.8. The van der Waals surface area contributed by atoms with Gasteiger partial charge in [-0.1, -0.05) is 18.6 Å². The lowest BCUT2D eigenvalue weighted by atomic mass is 10.0. The zero-order valence-electron chi connectivity index (χ0n) is 11.1. The Hall–Kier alpha value is -0.930. The second kappa shape index (κ2) is 7.41. The highest BCUT2D eigenvalue weighted by molar-refractivity contribution is 5.76. The molecule has 0 aliphatic heterocycles. The van der Waals surface area contributed by atoms with Gasteiger partial charge in [0, 0.05) is 6.92 Å². The third-order valence-electron chi connectivity index (χ3n) is 2.41. The zero-order chi connectivity index (χ0) is 13.5. The Kier molecular flexibility index (Phi) is 7.00. The van der Waals surface area contributed by atoms with E-state index in [1.807, 2.05) is 20.8 Å². The van der Waals surface area contributed by atoms with E-state index in [0.717, 1.165) is 12.8 Å². The van der Waals surface area contributed by atoms with Gasteiger partial charge in [0.1, 0.15) is 0 Å². The zero-order valence-corrected chi connectivity index (χ0v) is 11.1. The van der Waals surface area contributed by atoms with E-state index in [1.54, 1.807) is 0 Å². The molecule has 0 bridgehead atoms. The fourth-order valence-electron chi connectivity index (χ4n) is 1.28. The number of halogens is 2. The second-order valence-corrected chi connectivity index (χ2v) is 4.78. The number of hydrogen-bond acceptors (Lipinski definition) is 2. The van der Waals surface area contributed by atoms with Gasteiger partial charge in [-0.25, -0.2) is 4.79 Å². The van der Waals surface area contributed by atoms with Crippen molar-refractivity contribution in [3.8, 4) is 0 Å². The number of rotatable bonds is 7. The molecule has 0 spiro atoms. The minimum Gasteiger partial charge on any atom is -0.461 e. The molecule has 0 aliphatic carbocycles. The van der Waals surface area contributed by atoms with E-state index in [9.17, 15) is 13.6 Å². The van der Waals surface area contributed by atoms with Crippen LogP contribution in [0, 0.1) is 5.92 Å². The first kappa shape index (κ1) is 16.1. The molecule has 0 rings (SSSR count). The largest absolute Gasteiger partial charge is 0.461 e. The lowest BCUT2D eigenvalue weighted by Crippen LogP contribution is -2.27. The van der Waals surface area contributed by atoms with Crippen LogP contribution in [-0.2, 0) is 9.53 Å². The van der Waals surface area contributed by atoms with Gasteiger partial charge < -0.3 is 4.74 Å². The van der Waals surface area contributed by atoms with Crippen molar-refractivity contribution in [2.24, 2.45) is 5.92 Å². The minimum absolute atomic E-state index is 0.0677. The molecule has 1 unspecified atom stereocenters. The average Bonchev–Trinajstić information content (AvgIpc) is 2.15. The SMILES string of the molecule is CC(C)=CCCC(C)CCOC(=O)C(C)(F)F. The number of allylic oxidation sites excluding steroid dienone is 2. The van der Waals surface area contributed by atoms with Crippen molar-refractivity contribution in [3.63, 3.8) is 0 Å². The van der Waals surface area contributed by atoms with Crippen molar-refractivity contribution < 1.29 is 18.3 Å². The molecule has 0 fully saturated rings. The van der Waals surface area contributed by atoms with Gasteiger partial charge in [0.25, 0.3) is 0 Å². The fourth-order valence-corrected chi connectivity index (χ4v) is 1.28. The third-order valence-corrected chi connectivity index (χ3v) is 2.41. The smallest absolute Gasteiger partial charge is 0.376 e. The molecule has 0 aromatic carbocycles. The van der Waals surface area contributed by atoms with Crippen LogP contribution in [0.3, 0.4) is 0 Å². The second-order valence-electron chi connectivity index (χ2n) is 4.78. The van der Waals surface area contributed by atoms with Crippen LogP contribution in [0.1, 0.15) is 47.0 Å². The third kappa shape index (κ3) is 8.83. The molecule has 0 saturated heterocycles. The predicted octanol–water partition coefficient (Wildman–Crippen LogP) is 3.96. The van der Waals surface area contributed by atoms with Crippen LogP contribution in [0.25, 0.3) is 0 Å². The first-order chi connectivity index (χ1) is 7.73. The number of ether oxygens (including phenoxy) is 1. The van der Waals surface area contributed by atoms with Crippen molar-refractivity contribution in [1.29, 1.82) is 0 Å². The summed E-state index contributed by atoms with van der Waals surface area (Å²) in [5.74, 6) is -4.46. The molecule has 0 N–H and O–H groups in total. The Morgan fingerprint density at radius 3 is 2.41 bits per heavy atom. The molecule has 4 heteroatoms. The van der Waals surface area contributed by atoms with Gasteiger partial charge in [-0.2, -0.15) is 8.78 Å². The Balaban J connectivity index is 3.68. The summed E-state index contributed by atoms with van der Waals surface area (Å²) in [6.45, 7) is 6.72. The van der Waals surface area contributed by atoms with Crippen molar-refractivity contribution in [1.82, 2.24) is 0 Å². The standard InChI is InChI=1S/C13H22F2O2/c1-10(2)6-5-7-11(3)8-9-17-12(16)13(4,14)15/h6,11H,5,7-9H2,1-4H3. The van der Waals surface area contributed by atoms with E-state index in [1.165, 1.54) is 5.57 Å². The van der Waals surface area contributed by atoms with Gasteiger partial charge in [0.15, 0.2) is 0 Å². The highest BCUT2D eigenvalue weighted by Gasteiger charge is 2.34. The van der Waals surface area contributed by atoms with Gasteiger partial charge in [0.05, 0.1) is 6.61 Å². The maximum absolute atomic E-state index is 12.4. The van der Waals surface area contributed by atoms with Crippen molar-refractivity contribution in [2.45, 2.75) is 52.9 Å². The highest BCUT2D eigenvalue weighted by Crippen LogP contribution is 2.16. The molecular weight excluding hydrogens is 226 g/mol. The van der Waals surface area contributed by atoms with Crippen LogP contribution in [-0.4, -0.2) is 18.5 Å². The van der Waals surface area contributed by atoms with Crippen LogP contribution >= 0.6 is 0 Å². The number of hydrogen-bond donors (Lipinski definition) is 0. The average molecular weight is 248 g/mol. The summed E-state index contributed by atoms with van der Waals surface area (Å²) < 4.78 is 29.4. The van der Waals surface area contributed by atoms with Gasteiger partial charge >= 0.3 is 11.9 Å². The van der Waals surface area contributed by atoms with E-state index in [0.29, 0.717) is 19.3 Å². The summed E-state index contributed by atoms with van der Waals surface area (Å²) in [5.41, 5.74) is 1.27. The molecule has 0 amide bonds. The molecule has 0 radical (unpaired) electrons. The number of esters is 1. The molecule has 2 nitrogen and oxygen atoms in total. The van der Waals surface area contributed by atoms with Crippen LogP contribution in [0.5, 0.6) is 0 Å². The summed E-state index contributed by atoms with van der Waals surface area (Å²) >= 11 is 0. The summed E-state index contributed by atoms with van der Waals surface area (Å²) in [5, 5.41) is 0. The van der Waals surface area contributed by atoms with E-state index in [4.69, 9.17) is 0 Å². The summed E-state index contributed by atoms with van der Waals surface area (Å²) in [6, 6.07) is 0. The van der Waals surface area contributed by atoms with Gasteiger partial charge in [-0.3, -0.25) is 0 Å². The van der Waals surface area contributed by atoms with E-state index in [-0.39, 0.29) is 6.61 Å². The van der Waals surface area contributed by atoms with Gasteiger partial charge in [-0.05, 0) is 39.0 Å².